The summed E-state index contributed by atoms with van der Waals surface area (Å²) in [6.45, 7) is 7.63. The maximum atomic E-state index is 12.0. The van der Waals surface area contributed by atoms with Crippen LogP contribution in [0.25, 0.3) is 0 Å². The maximum absolute atomic E-state index is 12.0. The number of carbonyl (C=O) groups excluding carboxylic acids is 2. The first-order valence-electron chi connectivity index (χ1n) is 5.97. The molecule has 2 amide bonds. The van der Waals surface area contributed by atoms with Gasteiger partial charge in [0.2, 0.25) is 11.8 Å². The summed E-state index contributed by atoms with van der Waals surface area (Å²) in [5.74, 6) is -0.453. The molecule has 0 aromatic heterocycles. The van der Waals surface area contributed by atoms with Crippen molar-refractivity contribution in [2.75, 3.05) is 32.7 Å². The van der Waals surface area contributed by atoms with Crippen LogP contribution in [0.3, 0.4) is 0 Å². The van der Waals surface area contributed by atoms with Crippen LogP contribution < -0.4 is 16.4 Å². The highest BCUT2D eigenvalue weighted by Crippen LogP contribution is 2.14. The van der Waals surface area contributed by atoms with E-state index in [1.807, 2.05) is 13.8 Å². The Morgan fingerprint density at radius 2 is 1.94 bits per heavy atom. The van der Waals surface area contributed by atoms with E-state index in [2.05, 4.69) is 15.5 Å². The standard InChI is InChI=1S/C11H22N4O2/c1-11(2,15-7-5-13-6-8-15)10(17)14-4-3-9(12)16/h13H,3-8H2,1-2H3,(H2,12,16)(H,14,17). The smallest absolute Gasteiger partial charge is 0.239 e. The van der Waals surface area contributed by atoms with Crippen LogP contribution in [0.2, 0.25) is 0 Å². The molecular weight excluding hydrogens is 220 g/mol. The predicted molar refractivity (Wildman–Crippen MR) is 65.3 cm³/mol. The van der Waals surface area contributed by atoms with E-state index >= 15 is 0 Å². The van der Waals surface area contributed by atoms with Crippen molar-refractivity contribution < 1.29 is 9.59 Å². The SMILES string of the molecule is CC(C)(C(=O)NCCC(N)=O)N1CCNCC1. The second kappa shape index (κ2) is 5.97. The first kappa shape index (κ1) is 13.9. The first-order chi connectivity index (χ1) is 7.94. The van der Waals surface area contributed by atoms with Crippen molar-refractivity contribution in [3.8, 4) is 0 Å². The third-order valence-corrected chi connectivity index (χ3v) is 3.12. The number of carbonyl (C=O) groups is 2. The lowest BCUT2D eigenvalue weighted by molar-refractivity contribution is -0.132. The van der Waals surface area contributed by atoms with Gasteiger partial charge in [0.05, 0.1) is 5.54 Å². The molecule has 0 unspecified atom stereocenters. The number of amides is 2. The number of nitrogens with two attached hydrogens (primary N) is 1. The summed E-state index contributed by atoms with van der Waals surface area (Å²) in [6, 6.07) is 0. The second-order valence-corrected chi connectivity index (χ2v) is 4.77. The van der Waals surface area contributed by atoms with Crippen LogP contribution in [0.5, 0.6) is 0 Å². The van der Waals surface area contributed by atoms with Crippen LogP contribution in [-0.2, 0) is 9.59 Å². The van der Waals surface area contributed by atoms with Gasteiger partial charge < -0.3 is 16.4 Å². The summed E-state index contributed by atoms with van der Waals surface area (Å²) in [5.41, 5.74) is 4.48. The van der Waals surface area contributed by atoms with Crippen molar-refractivity contribution >= 4 is 11.8 Å². The van der Waals surface area contributed by atoms with E-state index in [-0.39, 0.29) is 12.3 Å². The molecule has 1 aliphatic rings. The Morgan fingerprint density at radius 1 is 1.35 bits per heavy atom. The van der Waals surface area contributed by atoms with Crippen molar-refractivity contribution in [1.82, 2.24) is 15.5 Å². The molecule has 0 aromatic rings. The third-order valence-electron chi connectivity index (χ3n) is 3.12. The highest BCUT2D eigenvalue weighted by molar-refractivity contribution is 5.86. The number of piperazine rings is 1. The van der Waals surface area contributed by atoms with Crippen molar-refractivity contribution in [2.45, 2.75) is 25.8 Å². The van der Waals surface area contributed by atoms with E-state index in [4.69, 9.17) is 5.73 Å². The predicted octanol–water partition coefficient (Wildman–Crippen LogP) is -1.34. The Labute approximate surface area is 102 Å². The Balaban J connectivity index is 2.44. The zero-order chi connectivity index (χ0) is 12.9. The van der Waals surface area contributed by atoms with Gasteiger partial charge in [0.25, 0.3) is 0 Å². The molecule has 0 spiro atoms. The minimum absolute atomic E-state index is 0.0550. The molecule has 17 heavy (non-hydrogen) atoms. The number of hydrogen-bond donors (Lipinski definition) is 3. The molecule has 1 rings (SSSR count). The summed E-state index contributed by atoms with van der Waals surface area (Å²) in [7, 11) is 0. The minimum Gasteiger partial charge on any atom is -0.370 e. The van der Waals surface area contributed by atoms with E-state index in [0.717, 1.165) is 26.2 Å². The summed E-state index contributed by atoms with van der Waals surface area (Å²) < 4.78 is 0. The first-order valence-corrected chi connectivity index (χ1v) is 5.97. The van der Waals surface area contributed by atoms with E-state index in [1.165, 1.54) is 0 Å². The highest BCUT2D eigenvalue weighted by Gasteiger charge is 2.34. The number of nitrogens with zero attached hydrogens (tertiary/aromatic N) is 1. The molecule has 98 valence electrons. The average Bonchev–Trinajstić information content (AvgIpc) is 2.29. The van der Waals surface area contributed by atoms with E-state index < -0.39 is 11.4 Å². The van der Waals surface area contributed by atoms with Gasteiger partial charge in [-0.25, -0.2) is 0 Å². The lowest BCUT2D eigenvalue weighted by Crippen LogP contribution is -2.60. The Kier molecular flexibility index (Phi) is 4.89. The molecule has 1 heterocycles. The van der Waals surface area contributed by atoms with Crippen molar-refractivity contribution in [1.29, 1.82) is 0 Å². The van der Waals surface area contributed by atoms with Crippen LogP contribution in [0.15, 0.2) is 0 Å². The lowest BCUT2D eigenvalue weighted by Gasteiger charge is -2.39. The van der Waals surface area contributed by atoms with Gasteiger partial charge in [-0.2, -0.15) is 0 Å². The van der Waals surface area contributed by atoms with Crippen LogP contribution in [0, 0.1) is 0 Å². The van der Waals surface area contributed by atoms with Gasteiger partial charge in [-0.05, 0) is 13.8 Å². The van der Waals surface area contributed by atoms with Gasteiger partial charge >= 0.3 is 0 Å². The molecular formula is C11H22N4O2. The lowest BCUT2D eigenvalue weighted by atomic mass is 10.0. The molecule has 1 aliphatic heterocycles. The van der Waals surface area contributed by atoms with E-state index in [0.29, 0.717) is 6.54 Å². The summed E-state index contributed by atoms with van der Waals surface area (Å²) in [5, 5.41) is 6.00. The van der Waals surface area contributed by atoms with Gasteiger partial charge in [-0.3, -0.25) is 14.5 Å². The van der Waals surface area contributed by atoms with Crippen LogP contribution >= 0.6 is 0 Å². The molecule has 0 atom stereocenters. The van der Waals surface area contributed by atoms with Crippen molar-refractivity contribution in [3.05, 3.63) is 0 Å². The number of hydrogen-bond acceptors (Lipinski definition) is 4. The zero-order valence-corrected chi connectivity index (χ0v) is 10.6. The van der Waals surface area contributed by atoms with Crippen LogP contribution in [-0.4, -0.2) is 55.0 Å². The van der Waals surface area contributed by atoms with Gasteiger partial charge in [0.1, 0.15) is 0 Å². The molecule has 4 N–H and O–H groups in total. The largest absolute Gasteiger partial charge is 0.370 e. The van der Waals surface area contributed by atoms with E-state index in [9.17, 15) is 9.59 Å². The van der Waals surface area contributed by atoms with Crippen LogP contribution in [0.1, 0.15) is 20.3 Å². The molecule has 0 aromatic carbocycles. The maximum Gasteiger partial charge on any atom is 0.239 e. The number of nitrogens with one attached hydrogen (secondary N) is 2. The molecule has 0 aliphatic carbocycles. The van der Waals surface area contributed by atoms with Gasteiger partial charge in [0, 0.05) is 39.1 Å². The van der Waals surface area contributed by atoms with Gasteiger partial charge in [-0.15, -0.1) is 0 Å². The van der Waals surface area contributed by atoms with Gasteiger partial charge in [0.15, 0.2) is 0 Å². The minimum atomic E-state index is -0.542. The average molecular weight is 242 g/mol. The van der Waals surface area contributed by atoms with Crippen LogP contribution in [0.4, 0.5) is 0 Å². The molecule has 0 bridgehead atoms. The molecule has 0 saturated carbocycles. The Morgan fingerprint density at radius 3 is 2.47 bits per heavy atom. The van der Waals surface area contributed by atoms with Gasteiger partial charge in [-0.1, -0.05) is 0 Å². The molecule has 6 nitrogen and oxygen atoms in total. The van der Waals surface area contributed by atoms with Crippen molar-refractivity contribution in [2.24, 2.45) is 5.73 Å². The Bertz CT molecular complexity index is 285. The van der Waals surface area contributed by atoms with E-state index in [1.54, 1.807) is 0 Å². The highest BCUT2D eigenvalue weighted by atomic mass is 16.2. The molecule has 1 saturated heterocycles. The quantitative estimate of drug-likeness (QED) is 0.557. The third kappa shape index (κ3) is 3.98. The molecule has 6 heteroatoms. The monoisotopic (exact) mass is 242 g/mol. The fraction of sp³-hybridized carbons (Fsp3) is 0.818. The number of primary amides is 1. The number of rotatable bonds is 5. The Hall–Kier alpha value is -1.14. The second-order valence-electron chi connectivity index (χ2n) is 4.77. The summed E-state index contributed by atoms with van der Waals surface area (Å²) in [4.78, 5) is 24.7. The summed E-state index contributed by atoms with van der Waals surface area (Å²) in [6.07, 6.45) is 0.184. The molecule has 1 fully saturated rings. The fourth-order valence-corrected chi connectivity index (χ4v) is 1.88. The topological polar surface area (TPSA) is 87.5 Å². The summed E-state index contributed by atoms with van der Waals surface area (Å²) >= 11 is 0. The molecule has 0 radical (unpaired) electrons. The fourth-order valence-electron chi connectivity index (χ4n) is 1.88. The van der Waals surface area contributed by atoms with Crippen molar-refractivity contribution in [3.63, 3.8) is 0 Å². The zero-order valence-electron chi connectivity index (χ0n) is 10.6. The normalized spacial score (nSPS) is 17.8.